The van der Waals surface area contributed by atoms with E-state index in [4.69, 9.17) is 10.5 Å². The number of urea groups is 1. The molecule has 0 unspecified atom stereocenters. The van der Waals surface area contributed by atoms with Crippen LogP contribution in [0.2, 0.25) is 0 Å². The normalized spacial score (nSPS) is 10.2. The van der Waals surface area contributed by atoms with Crippen LogP contribution in [0, 0.1) is 0 Å². The number of carbonyl (C=O) groups excluding carboxylic acids is 1. The Hall–Kier alpha value is -2.54. The second-order valence-electron chi connectivity index (χ2n) is 4.15. The third-order valence-electron chi connectivity index (χ3n) is 2.81. The van der Waals surface area contributed by atoms with Gasteiger partial charge in [0.25, 0.3) is 0 Å². The van der Waals surface area contributed by atoms with Crippen molar-refractivity contribution in [3.05, 3.63) is 36.0 Å². The van der Waals surface area contributed by atoms with Crippen LogP contribution in [0.25, 0.3) is 0 Å². The molecule has 0 spiro atoms. The summed E-state index contributed by atoms with van der Waals surface area (Å²) < 4.78 is 6.62. The largest absolute Gasteiger partial charge is 0.497 e. The van der Waals surface area contributed by atoms with E-state index >= 15 is 0 Å². The minimum Gasteiger partial charge on any atom is -0.497 e. The van der Waals surface area contributed by atoms with Crippen molar-refractivity contribution in [3.63, 3.8) is 0 Å². The van der Waals surface area contributed by atoms with Gasteiger partial charge in [-0.05, 0) is 24.3 Å². The molecular weight excluding hydrogens is 258 g/mol. The number of benzene rings is 1. The van der Waals surface area contributed by atoms with Crippen molar-refractivity contribution in [1.29, 1.82) is 0 Å². The van der Waals surface area contributed by atoms with Gasteiger partial charge in [-0.3, -0.25) is 10.00 Å². The predicted octanol–water partition coefficient (Wildman–Crippen LogP) is 1.53. The molecule has 7 nitrogen and oxygen atoms in total. The number of methoxy groups -OCH3 is 1. The van der Waals surface area contributed by atoms with Crippen LogP contribution in [-0.2, 0) is 13.6 Å². The van der Waals surface area contributed by atoms with Gasteiger partial charge in [-0.1, -0.05) is 0 Å². The molecule has 1 aromatic heterocycles. The molecule has 2 amide bonds. The third kappa shape index (κ3) is 3.07. The van der Waals surface area contributed by atoms with E-state index in [-0.39, 0.29) is 6.03 Å². The van der Waals surface area contributed by atoms with Crippen molar-refractivity contribution in [2.24, 2.45) is 12.8 Å². The molecule has 0 fully saturated rings. The highest BCUT2D eigenvalue weighted by Crippen LogP contribution is 2.16. The SMILES string of the molecule is COc1ccc(NC(=O)Nc2c(CN)cnn2C)cc1. The molecule has 20 heavy (non-hydrogen) atoms. The molecule has 0 aliphatic rings. The van der Waals surface area contributed by atoms with Crippen LogP contribution in [0.3, 0.4) is 0 Å². The van der Waals surface area contributed by atoms with Gasteiger partial charge in [0.15, 0.2) is 0 Å². The van der Waals surface area contributed by atoms with Gasteiger partial charge in [-0.2, -0.15) is 5.10 Å². The van der Waals surface area contributed by atoms with E-state index < -0.39 is 0 Å². The number of ether oxygens (including phenoxy) is 1. The van der Waals surface area contributed by atoms with Crippen LogP contribution >= 0.6 is 0 Å². The number of hydrogen-bond acceptors (Lipinski definition) is 4. The fourth-order valence-electron chi connectivity index (χ4n) is 1.74. The first kappa shape index (κ1) is 13.9. The van der Waals surface area contributed by atoms with Crippen molar-refractivity contribution in [1.82, 2.24) is 9.78 Å². The summed E-state index contributed by atoms with van der Waals surface area (Å²) in [5.41, 5.74) is 7.03. The summed E-state index contributed by atoms with van der Waals surface area (Å²) in [5, 5.41) is 9.50. The maximum atomic E-state index is 11.9. The maximum Gasteiger partial charge on any atom is 0.324 e. The molecule has 7 heteroatoms. The maximum absolute atomic E-state index is 11.9. The van der Waals surface area contributed by atoms with Gasteiger partial charge in [0.05, 0.1) is 13.3 Å². The highest BCUT2D eigenvalue weighted by atomic mass is 16.5. The molecule has 0 radical (unpaired) electrons. The topological polar surface area (TPSA) is 94.2 Å². The molecule has 0 atom stereocenters. The monoisotopic (exact) mass is 275 g/mol. The van der Waals surface area contributed by atoms with E-state index in [9.17, 15) is 4.79 Å². The number of nitrogens with one attached hydrogen (secondary N) is 2. The van der Waals surface area contributed by atoms with Gasteiger partial charge < -0.3 is 15.8 Å². The lowest BCUT2D eigenvalue weighted by molar-refractivity contribution is 0.262. The summed E-state index contributed by atoms with van der Waals surface area (Å²) in [4.78, 5) is 11.9. The van der Waals surface area contributed by atoms with Crippen LogP contribution in [0.5, 0.6) is 5.75 Å². The van der Waals surface area contributed by atoms with Crippen molar-refractivity contribution in [3.8, 4) is 5.75 Å². The van der Waals surface area contributed by atoms with E-state index in [2.05, 4.69) is 15.7 Å². The van der Waals surface area contributed by atoms with Crippen molar-refractivity contribution in [2.75, 3.05) is 17.7 Å². The van der Waals surface area contributed by atoms with Crippen LogP contribution in [0.15, 0.2) is 30.5 Å². The van der Waals surface area contributed by atoms with Crippen LogP contribution in [-0.4, -0.2) is 22.9 Å². The van der Waals surface area contributed by atoms with Crippen LogP contribution < -0.4 is 21.1 Å². The Labute approximate surface area is 116 Å². The van der Waals surface area contributed by atoms with Crippen LogP contribution in [0.1, 0.15) is 5.56 Å². The smallest absolute Gasteiger partial charge is 0.324 e. The van der Waals surface area contributed by atoms with E-state index in [0.717, 1.165) is 11.3 Å². The minimum absolute atomic E-state index is 0.311. The number of aromatic nitrogens is 2. The third-order valence-corrected chi connectivity index (χ3v) is 2.81. The first-order valence-corrected chi connectivity index (χ1v) is 6.07. The van der Waals surface area contributed by atoms with Gasteiger partial charge >= 0.3 is 6.03 Å². The fourth-order valence-corrected chi connectivity index (χ4v) is 1.74. The molecule has 2 aromatic rings. The Morgan fingerprint density at radius 3 is 2.65 bits per heavy atom. The minimum atomic E-state index is -0.353. The Bertz CT molecular complexity index is 591. The number of hydrogen-bond donors (Lipinski definition) is 3. The van der Waals surface area contributed by atoms with Gasteiger partial charge in [-0.15, -0.1) is 0 Å². The number of aryl methyl sites for hydroxylation is 1. The zero-order valence-electron chi connectivity index (χ0n) is 11.4. The quantitative estimate of drug-likeness (QED) is 0.788. The summed E-state index contributed by atoms with van der Waals surface area (Å²) in [6.45, 7) is 0.311. The van der Waals surface area contributed by atoms with E-state index in [1.54, 1.807) is 49.3 Å². The van der Waals surface area contributed by atoms with Gasteiger partial charge in [-0.25, -0.2) is 4.79 Å². The van der Waals surface area contributed by atoms with Crippen molar-refractivity contribution in [2.45, 2.75) is 6.54 Å². The lowest BCUT2D eigenvalue weighted by Crippen LogP contribution is -2.22. The number of anilines is 2. The lowest BCUT2D eigenvalue weighted by atomic mass is 10.3. The van der Waals surface area contributed by atoms with Crippen LogP contribution in [0.4, 0.5) is 16.3 Å². The van der Waals surface area contributed by atoms with E-state index in [1.807, 2.05) is 0 Å². The lowest BCUT2D eigenvalue weighted by Gasteiger charge is -2.09. The Morgan fingerprint density at radius 1 is 1.35 bits per heavy atom. The fraction of sp³-hybridized carbons (Fsp3) is 0.231. The molecule has 0 saturated carbocycles. The number of nitrogens with zero attached hydrogens (tertiary/aromatic N) is 2. The van der Waals surface area contributed by atoms with Crippen molar-refractivity contribution < 1.29 is 9.53 Å². The molecule has 0 saturated heterocycles. The molecule has 0 aliphatic carbocycles. The van der Waals surface area contributed by atoms with Gasteiger partial charge in [0, 0.05) is 24.8 Å². The molecule has 0 aliphatic heterocycles. The Balaban J connectivity index is 2.03. The summed E-state index contributed by atoms with van der Waals surface area (Å²) in [7, 11) is 3.33. The highest BCUT2D eigenvalue weighted by Gasteiger charge is 2.10. The number of amides is 2. The Kier molecular flexibility index (Phi) is 4.21. The second kappa shape index (κ2) is 6.07. The molecule has 0 bridgehead atoms. The number of rotatable bonds is 4. The van der Waals surface area contributed by atoms with Gasteiger partial charge in [0.2, 0.25) is 0 Å². The van der Waals surface area contributed by atoms with Gasteiger partial charge in [0.1, 0.15) is 11.6 Å². The summed E-state index contributed by atoms with van der Waals surface area (Å²) in [5.74, 6) is 1.31. The van der Waals surface area contributed by atoms with E-state index in [0.29, 0.717) is 18.1 Å². The number of nitrogens with two attached hydrogens (primary N) is 1. The number of carbonyl (C=O) groups is 1. The molecule has 1 aromatic carbocycles. The summed E-state index contributed by atoms with van der Waals surface area (Å²) in [6.07, 6.45) is 1.63. The van der Waals surface area contributed by atoms with E-state index in [1.165, 1.54) is 0 Å². The zero-order valence-corrected chi connectivity index (χ0v) is 11.4. The molecule has 4 N–H and O–H groups in total. The highest BCUT2D eigenvalue weighted by molar-refractivity contribution is 5.99. The first-order valence-electron chi connectivity index (χ1n) is 6.07. The second-order valence-corrected chi connectivity index (χ2v) is 4.15. The average molecular weight is 275 g/mol. The standard InChI is InChI=1S/C13H17N5O2/c1-18-12(9(7-14)8-15-18)17-13(19)16-10-3-5-11(20-2)6-4-10/h3-6,8H,7,14H2,1-2H3,(H2,16,17,19). The summed E-state index contributed by atoms with van der Waals surface area (Å²) >= 11 is 0. The Morgan fingerprint density at radius 2 is 2.05 bits per heavy atom. The zero-order chi connectivity index (χ0) is 14.5. The molecule has 106 valence electrons. The molecule has 1 heterocycles. The summed E-state index contributed by atoms with van der Waals surface area (Å²) in [6, 6.07) is 6.70. The van der Waals surface area contributed by atoms with Crippen molar-refractivity contribution >= 4 is 17.5 Å². The molecular formula is C13H17N5O2. The predicted molar refractivity (Wildman–Crippen MR) is 76.7 cm³/mol. The average Bonchev–Trinajstić information content (AvgIpc) is 2.80. The first-order chi connectivity index (χ1) is 9.63. The molecule has 2 rings (SSSR count).